The van der Waals surface area contributed by atoms with Gasteiger partial charge >= 0.3 is 0 Å². The Bertz CT molecular complexity index is 545. The highest BCUT2D eigenvalue weighted by molar-refractivity contribution is 6.29. The van der Waals surface area contributed by atoms with Crippen LogP contribution in [0.3, 0.4) is 0 Å². The maximum atomic E-state index is 5.74. The lowest BCUT2D eigenvalue weighted by atomic mass is 10.3. The summed E-state index contributed by atoms with van der Waals surface area (Å²) in [4.78, 5) is 4.62. The van der Waals surface area contributed by atoms with E-state index in [1.54, 1.807) is 0 Å². The van der Waals surface area contributed by atoms with Gasteiger partial charge in [-0.05, 0) is 19.1 Å². The van der Waals surface area contributed by atoms with E-state index in [0.717, 1.165) is 16.9 Å². The summed E-state index contributed by atoms with van der Waals surface area (Å²) in [6.45, 7) is 6.32. The first-order valence-corrected chi connectivity index (χ1v) is 5.95. The molecule has 1 atom stereocenters. The Kier molecular flexibility index (Phi) is 3.50. The first-order valence-electron chi connectivity index (χ1n) is 5.57. The molecule has 0 aliphatic carbocycles. The molecule has 1 aromatic heterocycles. The number of nitrogens with one attached hydrogen (secondary N) is 1. The van der Waals surface area contributed by atoms with Gasteiger partial charge in [0.15, 0.2) is 0 Å². The normalized spacial score (nSPS) is 12.9. The highest BCUT2D eigenvalue weighted by atomic mass is 35.5. The molecule has 4 heteroatoms. The molecule has 1 unspecified atom stereocenters. The highest BCUT2D eigenvalue weighted by Crippen LogP contribution is 2.19. The molecular formula is C13H16ClN3. The van der Waals surface area contributed by atoms with E-state index in [1.165, 1.54) is 0 Å². The van der Waals surface area contributed by atoms with Crippen LogP contribution in [-0.2, 0) is 7.05 Å². The number of rotatable bonds is 4. The van der Waals surface area contributed by atoms with Gasteiger partial charge in [0.1, 0.15) is 5.82 Å². The van der Waals surface area contributed by atoms with Crippen molar-refractivity contribution in [2.45, 2.75) is 13.0 Å². The molecule has 0 radical (unpaired) electrons. The molecule has 0 aliphatic heterocycles. The molecule has 0 bridgehead atoms. The summed E-state index contributed by atoms with van der Waals surface area (Å²) in [5, 5.41) is 3.89. The van der Waals surface area contributed by atoms with Gasteiger partial charge in [-0.25, -0.2) is 4.98 Å². The Morgan fingerprint density at radius 1 is 1.53 bits per heavy atom. The lowest BCUT2D eigenvalue weighted by molar-refractivity contribution is 0.563. The Morgan fingerprint density at radius 2 is 2.24 bits per heavy atom. The Labute approximate surface area is 106 Å². The second-order valence-electron chi connectivity index (χ2n) is 4.14. The van der Waals surface area contributed by atoms with Gasteiger partial charge in [0, 0.05) is 18.6 Å². The van der Waals surface area contributed by atoms with Gasteiger partial charge < -0.3 is 9.88 Å². The monoisotopic (exact) mass is 249 g/mol. The molecule has 90 valence electrons. The minimum atomic E-state index is 0.142. The Morgan fingerprint density at radius 3 is 2.88 bits per heavy atom. The lowest BCUT2D eigenvalue weighted by Gasteiger charge is -2.13. The van der Waals surface area contributed by atoms with Crippen LogP contribution in [0.5, 0.6) is 0 Å². The number of benzene rings is 1. The molecule has 1 heterocycles. The zero-order valence-corrected chi connectivity index (χ0v) is 10.8. The summed E-state index contributed by atoms with van der Waals surface area (Å²) in [5.74, 6) is 1.00. The molecule has 0 spiro atoms. The molecule has 2 rings (SSSR count). The average Bonchev–Trinajstić information content (AvgIpc) is 2.64. The SMILES string of the molecule is C=C(Cl)CNC(C)c1nc2ccccc2n1C. The minimum Gasteiger partial charge on any atom is -0.330 e. The fraction of sp³-hybridized carbons (Fsp3) is 0.308. The fourth-order valence-corrected chi connectivity index (χ4v) is 1.98. The quantitative estimate of drug-likeness (QED) is 0.903. The predicted molar refractivity (Wildman–Crippen MR) is 72.1 cm³/mol. The molecule has 17 heavy (non-hydrogen) atoms. The van der Waals surface area contributed by atoms with Crippen molar-refractivity contribution in [1.29, 1.82) is 0 Å². The summed E-state index contributed by atoms with van der Waals surface area (Å²) < 4.78 is 2.10. The summed E-state index contributed by atoms with van der Waals surface area (Å²) in [7, 11) is 2.03. The van der Waals surface area contributed by atoms with Crippen molar-refractivity contribution in [2.24, 2.45) is 7.05 Å². The van der Waals surface area contributed by atoms with Gasteiger partial charge in [-0.2, -0.15) is 0 Å². The van der Waals surface area contributed by atoms with Crippen LogP contribution < -0.4 is 5.32 Å². The summed E-state index contributed by atoms with van der Waals surface area (Å²) in [6, 6.07) is 8.25. The largest absolute Gasteiger partial charge is 0.330 e. The smallest absolute Gasteiger partial charge is 0.126 e. The van der Waals surface area contributed by atoms with Gasteiger partial charge in [0.2, 0.25) is 0 Å². The highest BCUT2D eigenvalue weighted by Gasteiger charge is 2.13. The van der Waals surface area contributed by atoms with E-state index in [4.69, 9.17) is 11.6 Å². The topological polar surface area (TPSA) is 29.9 Å². The van der Waals surface area contributed by atoms with Crippen LogP contribution in [0.2, 0.25) is 0 Å². The van der Waals surface area contributed by atoms with E-state index in [1.807, 2.05) is 25.2 Å². The molecule has 0 saturated heterocycles. The number of hydrogen-bond donors (Lipinski definition) is 1. The van der Waals surface area contributed by atoms with Gasteiger partial charge in [0.25, 0.3) is 0 Å². The van der Waals surface area contributed by atoms with E-state index < -0.39 is 0 Å². The lowest BCUT2D eigenvalue weighted by Crippen LogP contribution is -2.22. The molecule has 0 fully saturated rings. The number of imidazole rings is 1. The van der Waals surface area contributed by atoms with Crippen molar-refractivity contribution >= 4 is 22.6 Å². The van der Waals surface area contributed by atoms with Crippen LogP contribution in [0.15, 0.2) is 35.9 Å². The zero-order valence-electron chi connectivity index (χ0n) is 10.1. The maximum absolute atomic E-state index is 5.74. The van der Waals surface area contributed by atoms with Crippen molar-refractivity contribution < 1.29 is 0 Å². The number of hydrogen-bond acceptors (Lipinski definition) is 2. The van der Waals surface area contributed by atoms with Gasteiger partial charge in [-0.15, -0.1) is 0 Å². The average molecular weight is 250 g/mol. The second kappa shape index (κ2) is 4.90. The van der Waals surface area contributed by atoms with Crippen molar-refractivity contribution in [2.75, 3.05) is 6.54 Å². The van der Waals surface area contributed by atoms with Crippen molar-refractivity contribution in [3.63, 3.8) is 0 Å². The predicted octanol–water partition coefficient (Wildman–Crippen LogP) is 2.98. The van der Waals surface area contributed by atoms with Gasteiger partial charge in [-0.1, -0.05) is 30.3 Å². The van der Waals surface area contributed by atoms with Gasteiger partial charge in [0.05, 0.1) is 17.1 Å². The Hall–Kier alpha value is -1.32. The van der Waals surface area contributed by atoms with E-state index >= 15 is 0 Å². The number of halogens is 1. The molecule has 3 nitrogen and oxygen atoms in total. The van der Waals surface area contributed by atoms with E-state index in [9.17, 15) is 0 Å². The van der Waals surface area contributed by atoms with Crippen LogP contribution in [-0.4, -0.2) is 16.1 Å². The van der Waals surface area contributed by atoms with Crippen LogP contribution >= 0.6 is 11.6 Å². The van der Waals surface area contributed by atoms with E-state index in [2.05, 4.69) is 34.4 Å². The third-order valence-corrected chi connectivity index (χ3v) is 2.94. The van der Waals surface area contributed by atoms with E-state index in [-0.39, 0.29) is 6.04 Å². The third kappa shape index (κ3) is 2.51. The molecule has 2 aromatic rings. The molecule has 1 N–H and O–H groups in total. The Balaban J connectivity index is 2.29. The fourth-order valence-electron chi connectivity index (χ4n) is 1.91. The molecule has 0 saturated carbocycles. The number of aromatic nitrogens is 2. The summed E-state index contributed by atoms with van der Waals surface area (Å²) >= 11 is 5.74. The first-order chi connectivity index (χ1) is 8.09. The van der Waals surface area contributed by atoms with Crippen molar-refractivity contribution in [3.05, 3.63) is 41.7 Å². The van der Waals surface area contributed by atoms with Crippen LogP contribution in [0.1, 0.15) is 18.8 Å². The maximum Gasteiger partial charge on any atom is 0.126 e. The van der Waals surface area contributed by atoms with Crippen LogP contribution in [0.4, 0.5) is 0 Å². The van der Waals surface area contributed by atoms with E-state index in [0.29, 0.717) is 11.6 Å². The molecule has 1 aromatic carbocycles. The standard InChI is InChI=1S/C13H16ClN3/c1-9(14)8-15-10(2)13-16-11-6-4-5-7-12(11)17(13)3/h4-7,10,15H,1,8H2,2-3H3. The zero-order chi connectivity index (χ0) is 12.4. The van der Waals surface area contributed by atoms with Crippen molar-refractivity contribution in [1.82, 2.24) is 14.9 Å². The molecule has 0 amide bonds. The molecular weight excluding hydrogens is 234 g/mol. The molecule has 0 aliphatic rings. The van der Waals surface area contributed by atoms with Gasteiger partial charge in [-0.3, -0.25) is 0 Å². The third-order valence-electron chi connectivity index (χ3n) is 2.81. The number of fused-ring (bicyclic) bond motifs is 1. The number of nitrogens with zero attached hydrogens (tertiary/aromatic N) is 2. The van der Waals surface area contributed by atoms with Crippen LogP contribution in [0, 0.1) is 0 Å². The second-order valence-corrected chi connectivity index (χ2v) is 4.67. The first kappa shape index (κ1) is 12.1. The minimum absolute atomic E-state index is 0.142. The van der Waals surface area contributed by atoms with Crippen molar-refractivity contribution in [3.8, 4) is 0 Å². The number of para-hydroxylation sites is 2. The number of aryl methyl sites for hydroxylation is 1. The summed E-state index contributed by atoms with van der Waals surface area (Å²) in [6.07, 6.45) is 0. The summed E-state index contributed by atoms with van der Waals surface area (Å²) in [5.41, 5.74) is 2.16. The van der Waals surface area contributed by atoms with Crippen LogP contribution in [0.25, 0.3) is 11.0 Å².